The van der Waals surface area contributed by atoms with Crippen molar-refractivity contribution in [2.24, 2.45) is 0 Å². The number of ether oxygens (including phenoxy) is 1. The first kappa shape index (κ1) is 13.8. The molecule has 0 aliphatic rings. The molecular formula is C15H20N2O2. The van der Waals surface area contributed by atoms with Crippen LogP contribution < -0.4 is 10.9 Å². The van der Waals surface area contributed by atoms with E-state index in [9.17, 15) is 4.79 Å². The molecule has 0 atom stereocenters. The summed E-state index contributed by atoms with van der Waals surface area (Å²) in [5.41, 5.74) is 1.03. The Labute approximate surface area is 113 Å². The molecule has 0 amide bonds. The lowest BCUT2D eigenvalue weighted by Gasteiger charge is -2.10. The van der Waals surface area contributed by atoms with Crippen molar-refractivity contribution in [3.05, 3.63) is 46.8 Å². The molecule has 0 aliphatic heterocycles. The Bertz CT molecular complexity index is 578. The third kappa shape index (κ3) is 3.66. The standard InChI is InChI=1S/C15H20N2O2/c1-2-19-12-10-16-9-11-17-14-6-4-3-5-13(14)7-8-15(17)18/h3-8,16H,2,9-12H2,1H3. The lowest BCUT2D eigenvalue weighted by atomic mass is 10.2. The molecule has 0 spiro atoms. The summed E-state index contributed by atoms with van der Waals surface area (Å²) in [6.07, 6.45) is 0. The van der Waals surface area contributed by atoms with Gasteiger partial charge < -0.3 is 14.6 Å². The van der Waals surface area contributed by atoms with Crippen LogP contribution in [0.15, 0.2) is 41.2 Å². The van der Waals surface area contributed by atoms with Gasteiger partial charge in [-0.1, -0.05) is 18.2 Å². The summed E-state index contributed by atoms with van der Waals surface area (Å²) in [6.45, 7) is 5.68. The fraction of sp³-hybridized carbons (Fsp3) is 0.400. The Balaban J connectivity index is 2.00. The Morgan fingerprint density at radius 1 is 1.16 bits per heavy atom. The molecule has 102 valence electrons. The maximum Gasteiger partial charge on any atom is 0.251 e. The Morgan fingerprint density at radius 2 is 2.00 bits per heavy atom. The van der Waals surface area contributed by atoms with Crippen LogP contribution in [-0.2, 0) is 11.3 Å². The first-order valence-corrected chi connectivity index (χ1v) is 6.70. The largest absolute Gasteiger partial charge is 0.380 e. The third-order valence-corrected chi connectivity index (χ3v) is 3.04. The molecule has 0 aliphatic carbocycles. The van der Waals surface area contributed by atoms with E-state index in [1.807, 2.05) is 41.8 Å². The van der Waals surface area contributed by atoms with E-state index < -0.39 is 0 Å². The third-order valence-electron chi connectivity index (χ3n) is 3.04. The van der Waals surface area contributed by atoms with E-state index >= 15 is 0 Å². The smallest absolute Gasteiger partial charge is 0.251 e. The van der Waals surface area contributed by atoms with Crippen molar-refractivity contribution in [3.8, 4) is 0 Å². The summed E-state index contributed by atoms with van der Waals surface area (Å²) in [4.78, 5) is 11.9. The second-order valence-corrected chi connectivity index (χ2v) is 4.33. The highest BCUT2D eigenvalue weighted by Crippen LogP contribution is 2.10. The van der Waals surface area contributed by atoms with Gasteiger partial charge in [-0.3, -0.25) is 4.79 Å². The minimum absolute atomic E-state index is 0.0466. The number of fused-ring (bicyclic) bond motifs is 1. The molecule has 4 nitrogen and oxygen atoms in total. The van der Waals surface area contributed by atoms with Gasteiger partial charge >= 0.3 is 0 Å². The molecule has 1 aromatic heterocycles. The van der Waals surface area contributed by atoms with Gasteiger partial charge in [0.2, 0.25) is 0 Å². The zero-order chi connectivity index (χ0) is 13.5. The average Bonchev–Trinajstić information content (AvgIpc) is 2.44. The minimum Gasteiger partial charge on any atom is -0.380 e. The molecule has 2 rings (SSSR count). The van der Waals surface area contributed by atoms with Crippen LogP contribution in [0.3, 0.4) is 0 Å². The van der Waals surface area contributed by atoms with Gasteiger partial charge in [-0.05, 0) is 24.4 Å². The van der Waals surface area contributed by atoms with E-state index in [1.54, 1.807) is 6.07 Å². The van der Waals surface area contributed by atoms with Crippen molar-refractivity contribution < 1.29 is 4.74 Å². The summed E-state index contributed by atoms with van der Waals surface area (Å²) in [6, 6.07) is 11.4. The van der Waals surface area contributed by atoms with Gasteiger partial charge in [-0.2, -0.15) is 0 Å². The highest BCUT2D eigenvalue weighted by molar-refractivity contribution is 5.78. The molecule has 1 N–H and O–H groups in total. The Hall–Kier alpha value is -1.65. The second kappa shape index (κ2) is 7.07. The fourth-order valence-corrected chi connectivity index (χ4v) is 2.08. The second-order valence-electron chi connectivity index (χ2n) is 4.33. The lowest BCUT2D eigenvalue weighted by molar-refractivity contribution is 0.149. The highest BCUT2D eigenvalue weighted by atomic mass is 16.5. The maximum atomic E-state index is 11.9. The van der Waals surface area contributed by atoms with Crippen molar-refractivity contribution >= 4 is 10.9 Å². The maximum absolute atomic E-state index is 11.9. The highest BCUT2D eigenvalue weighted by Gasteiger charge is 2.01. The van der Waals surface area contributed by atoms with Gasteiger partial charge in [0.25, 0.3) is 5.56 Å². The van der Waals surface area contributed by atoms with Crippen molar-refractivity contribution in [2.75, 3.05) is 26.3 Å². The number of benzene rings is 1. The summed E-state index contributed by atoms with van der Waals surface area (Å²) < 4.78 is 7.06. The minimum atomic E-state index is 0.0466. The van der Waals surface area contributed by atoms with Crippen LogP contribution in [-0.4, -0.2) is 30.9 Å². The van der Waals surface area contributed by atoms with Crippen LogP contribution in [0.1, 0.15) is 6.92 Å². The lowest BCUT2D eigenvalue weighted by Crippen LogP contribution is -2.28. The van der Waals surface area contributed by atoms with Crippen LogP contribution in [0.25, 0.3) is 10.9 Å². The predicted molar refractivity (Wildman–Crippen MR) is 77.6 cm³/mol. The van der Waals surface area contributed by atoms with Crippen molar-refractivity contribution in [2.45, 2.75) is 13.5 Å². The van der Waals surface area contributed by atoms with Crippen molar-refractivity contribution in [3.63, 3.8) is 0 Å². The van der Waals surface area contributed by atoms with Crippen LogP contribution in [0, 0.1) is 0 Å². The number of para-hydroxylation sites is 1. The van der Waals surface area contributed by atoms with E-state index in [-0.39, 0.29) is 5.56 Å². The monoisotopic (exact) mass is 260 g/mol. The van der Waals surface area contributed by atoms with Gasteiger partial charge in [-0.15, -0.1) is 0 Å². The van der Waals surface area contributed by atoms with Gasteiger partial charge in [0.1, 0.15) is 0 Å². The van der Waals surface area contributed by atoms with Gasteiger partial charge in [-0.25, -0.2) is 0 Å². The number of nitrogens with one attached hydrogen (secondary N) is 1. The molecular weight excluding hydrogens is 240 g/mol. The molecule has 0 bridgehead atoms. The summed E-state index contributed by atoms with van der Waals surface area (Å²) in [5, 5.41) is 4.37. The number of pyridine rings is 1. The molecule has 4 heteroatoms. The van der Waals surface area contributed by atoms with Gasteiger partial charge in [0.15, 0.2) is 0 Å². The van der Waals surface area contributed by atoms with Crippen LogP contribution in [0.2, 0.25) is 0 Å². The normalized spacial score (nSPS) is 11.0. The molecule has 0 saturated carbocycles. The molecule has 1 heterocycles. The topological polar surface area (TPSA) is 43.3 Å². The first-order chi connectivity index (χ1) is 9.33. The van der Waals surface area contributed by atoms with E-state index in [0.29, 0.717) is 13.2 Å². The van der Waals surface area contributed by atoms with E-state index in [1.165, 1.54) is 0 Å². The van der Waals surface area contributed by atoms with Crippen molar-refractivity contribution in [1.82, 2.24) is 9.88 Å². The number of rotatable bonds is 7. The van der Waals surface area contributed by atoms with Crippen LogP contribution >= 0.6 is 0 Å². The van der Waals surface area contributed by atoms with E-state index in [0.717, 1.165) is 30.6 Å². The van der Waals surface area contributed by atoms with E-state index in [2.05, 4.69) is 5.32 Å². The van der Waals surface area contributed by atoms with Crippen LogP contribution in [0.5, 0.6) is 0 Å². The zero-order valence-corrected chi connectivity index (χ0v) is 11.3. The Morgan fingerprint density at radius 3 is 2.84 bits per heavy atom. The molecule has 0 unspecified atom stereocenters. The van der Waals surface area contributed by atoms with Crippen molar-refractivity contribution in [1.29, 1.82) is 0 Å². The molecule has 0 saturated heterocycles. The first-order valence-electron chi connectivity index (χ1n) is 6.70. The zero-order valence-electron chi connectivity index (χ0n) is 11.3. The van der Waals surface area contributed by atoms with Crippen LogP contribution in [0.4, 0.5) is 0 Å². The summed E-state index contributed by atoms with van der Waals surface area (Å²) in [5.74, 6) is 0. The number of hydrogen-bond acceptors (Lipinski definition) is 3. The fourth-order valence-electron chi connectivity index (χ4n) is 2.08. The van der Waals surface area contributed by atoms with Gasteiger partial charge in [0.05, 0.1) is 12.1 Å². The van der Waals surface area contributed by atoms with Gasteiger partial charge in [0, 0.05) is 32.3 Å². The average molecular weight is 260 g/mol. The molecule has 2 aromatic rings. The number of nitrogens with zero attached hydrogens (tertiary/aromatic N) is 1. The number of hydrogen-bond donors (Lipinski definition) is 1. The molecule has 0 fully saturated rings. The number of aromatic nitrogens is 1. The summed E-state index contributed by atoms with van der Waals surface area (Å²) in [7, 11) is 0. The summed E-state index contributed by atoms with van der Waals surface area (Å²) >= 11 is 0. The molecule has 0 radical (unpaired) electrons. The quantitative estimate of drug-likeness (QED) is 0.769. The van der Waals surface area contributed by atoms with E-state index in [4.69, 9.17) is 4.74 Å². The molecule has 1 aromatic carbocycles. The predicted octanol–water partition coefficient (Wildman–Crippen LogP) is 1.63. The molecule has 19 heavy (non-hydrogen) atoms. The Kier molecular flexibility index (Phi) is 5.12. The SMILES string of the molecule is CCOCCNCCn1c(=O)ccc2ccccc21.